The average Bonchev–Trinajstić information content (AvgIpc) is 3.60. The van der Waals surface area contributed by atoms with Gasteiger partial charge in [0.05, 0.1) is 64.3 Å². The van der Waals surface area contributed by atoms with Crippen LogP contribution in [0.1, 0.15) is 34.3 Å². The maximum absolute atomic E-state index is 10.5. The summed E-state index contributed by atoms with van der Waals surface area (Å²) in [6.45, 7) is -3.11. The van der Waals surface area contributed by atoms with Crippen LogP contribution >= 0.6 is 0 Å². The maximum Gasteiger partial charge on any atom is 0.229 e. The molecule has 4 N–H and O–H groups in total. The molecule has 3 aliphatic rings. The van der Waals surface area contributed by atoms with Crippen molar-refractivity contribution in [1.29, 1.82) is 0 Å². The van der Waals surface area contributed by atoms with Crippen LogP contribution in [0, 0.1) is 11.8 Å². The Bertz CT molecular complexity index is 1490. The van der Waals surface area contributed by atoms with Gasteiger partial charge in [-0.2, -0.15) is 0 Å². The van der Waals surface area contributed by atoms with Crippen LogP contribution in [0.15, 0.2) is 36.3 Å². The zero-order valence-electron chi connectivity index (χ0n) is 28.8. The van der Waals surface area contributed by atoms with Crippen molar-refractivity contribution in [3.05, 3.63) is 47.4 Å². The van der Waals surface area contributed by atoms with Crippen LogP contribution in [0.25, 0.3) is 0 Å². The molecule has 208 valence electrons. The Morgan fingerprint density at radius 1 is 0.789 bits per heavy atom. The van der Waals surface area contributed by atoms with Crippen LogP contribution in [-0.2, 0) is 14.2 Å². The molecule has 9 unspecified atom stereocenters. The molecular formula is C27H34O11. The molecule has 38 heavy (non-hydrogen) atoms. The molecular weight excluding hydrogens is 500 g/mol. The van der Waals surface area contributed by atoms with Crippen LogP contribution in [0.3, 0.4) is 0 Å². The van der Waals surface area contributed by atoms with E-state index in [4.69, 9.17) is 44.1 Å². The van der Waals surface area contributed by atoms with E-state index in [-0.39, 0.29) is 59.7 Å². The Labute approximate surface area is 231 Å². The van der Waals surface area contributed by atoms with Gasteiger partial charge in [0, 0.05) is 11.8 Å². The summed E-state index contributed by atoms with van der Waals surface area (Å²) in [4.78, 5) is 0. The number of aliphatic hydroxyl groups excluding tert-OH is 3. The van der Waals surface area contributed by atoms with Gasteiger partial charge in [0.15, 0.2) is 23.0 Å². The molecule has 3 heterocycles. The highest BCUT2D eigenvalue weighted by molar-refractivity contribution is 5.45. The van der Waals surface area contributed by atoms with Crippen molar-refractivity contribution in [2.45, 2.75) is 42.9 Å². The fourth-order valence-corrected chi connectivity index (χ4v) is 4.89. The lowest BCUT2D eigenvalue weighted by molar-refractivity contribution is -0.277. The van der Waals surface area contributed by atoms with Gasteiger partial charge in [0.2, 0.25) is 6.29 Å². The summed E-state index contributed by atoms with van der Waals surface area (Å²) >= 11 is 0. The highest BCUT2D eigenvalue weighted by Gasteiger charge is 2.49. The highest BCUT2D eigenvalue weighted by atomic mass is 16.7. The normalized spacial score (nSPS) is 37.9. The Hall–Kier alpha value is -2.64. The van der Waals surface area contributed by atoms with Crippen molar-refractivity contribution < 1.29 is 64.6 Å². The zero-order chi connectivity index (χ0) is 34.0. The summed E-state index contributed by atoms with van der Waals surface area (Å²) in [5.74, 6) is -2.02. The van der Waals surface area contributed by atoms with Crippen LogP contribution in [0.5, 0.6) is 23.0 Å². The lowest BCUT2D eigenvalue weighted by Gasteiger charge is -2.39. The van der Waals surface area contributed by atoms with Crippen molar-refractivity contribution >= 4 is 0 Å². The van der Waals surface area contributed by atoms with Crippen LogP contribution in [-0.4, -0.2) is 92.2 Å². The Balaban J connectivity index is 1.48. The van der Waals surface area contributed by atoms with Gasteiger partial charge in [-0.15, -0.1) is 0 Å². The van der Waals surface area contributed by atoms with Crippen molar-refractivity contribution in [1.82, 2.24) is 0 Å². The second kappa shape index (κ2) is 11.2. The van der Waals surface area contributed by atoms with E-state index in [1.54, 1.807) is 0 Å². The molecule has 0 saturated carbocycles. The fraction of sp³-hybridized carbons (Fsp3) is 0.556. The third-order valence-corrected chi connectivity index (χ3v) is 6.91. The van der Waals surface area contributed by atoms with E-state index in [0.717, 1.165) is 7.11 Å². The van der Waals surface area contributed by atoms with E-state index in [9.17, 15) is 20.4 Å². The summed E-state index contributed by atoms with van der Waals surface area (Å²) in [7, 11) is 3.78. The molecule has 0 bridgehead atoms. The van der Waals surface area contributed by atoms with Crippen LogP contribution in [0.4, 0.5) is 0 Å². The van der Waals surface area contributed by atoms with E-state index in [1.165, 1.54) is 14.2 Å². The Morgan fingerprint density at radius 3 is 1.84 bits per heavy atom. The molecule has 0 spiro atoms. The van der Waals surface area contributed by atoms with E-state index >= 15 is 0 Å². The first kappa shape index (κ1) is 18.6. The molecule has 2 aromatic carbocycles. The second-order valence-corrected chi connectivity index (χ2v) is 8.99. The van der Waals surface area contributed by atoms with Crippen molar-refractivity contribution in [3.63, 3.8) is 0 Å². The molecule has 11 nitrogen and oxygen atoms in total. The minimum atomic E-state index is -3.17. The second-order valence-electron chi connectivity index (χ2n) is 8.99. The summed E-state index contributed by atoms with van der Waals surface area (Å²) in [6.07, 6.45) is -11.9. The van der Waals surface area contributed by atoms with Gasteiger partial charge in [0.1, 0.15) is 24.4 Å². The lowest BCUT2D eigenvalue weighted by Crippen LogP contribution is -2.60. The standard InChI is InChI=1S/C27H34O11/c1-32-17-6-4-13(8-19(17)33-2)25-15-11-36-26(16(15)12-35-25)14-5-7-18(20(9-14)34-3)37-27-24(31)23(30)22(29)21(10-28)38-27/h4-9,15-16,21-31H,10-12H2,1-3H3/i4D,5D,6D,7D,8D,9D,10D2. The highest BCUT2D eigenvalue weighted by Crippen LogP contribution is 2.51. The third kappa shape index (κ3) is 4.79. The van der Waals surface area contributed by atoms with Gasteiger partial charge in [0.25, 0.3) is 0 Å². The molecule has 11 heteroatoms. The van der Waals surface area contributed by atoms with Gasteiger partial charge >= 0.3 is 0 Å². The molecule has 0 aliphatic carbocycles. The molecule has 3 saturated heterocycles. The molecule has 3 aliphatic heterocycles. The number of methoxy groups -OCH3 is 3. The minimum Gasteiger partial charge on any atom is -0.493 e. The topological polar surface area (TPSA) is 146 Å². The third-order valence-electron chi connectivity index (χ3n) is 6.91. The van der Waals surface area contributed by atoms with Crippen molar-refractivity contribution in [2.75, 3.05) is 41.1 Å². The summed E-state index contributed by atoms with van der Waals surface area (Å²) in [6, 6.07) is -2.33. The quantitative estimate of drug-likeness (QED) is 0.378. The first-order chi connectivity index (χ1) is 21.6. The van der Waals surface area contributed by atoms with E-state index in [1.807, 2.05) is 0 Å². The lowest BCUT2D eigenvalue weighted by atomic mass is 9.85. The minimum absolute atomic E-state index is 0.0280. The van der Waals surface area contributed by atoms with Crippen LogP contribution < -0.4 is 18.9 Å². The molecule has 3 fully saturated rings. The predicted molar refractivity (Wildman–Crippen MR) is 131 cm³/mol. The number of aliphatic hydroxyl groups is 4. The maximum atomic E-state index is 10.5. The van der Waals surface area contributed by atoms with E-state index in [0.29, 0.717) is 0 Å². The predicted octanol–water partition coefficient (Wildman–Crippen LogP) is 0.966. The number of benzene rings is 2. The summed E-state index contributed by atoms with van der Waals surface area (Å²) in [5.41, 5.74) is 0.0461. The zero-order valence-corrected chi connectivity index (χ0v) is 20.8. The first-order valence-electron chi connectivity index (χ1n) is 15.8. The summed E-state index contributed by atoms with van der Waals surface area (Å²) < 4.78 is 106. The molecule has 0 aromatic heterocycles. The molecule has 5 rings (SSSR count). The van der Waals surface area contributed by atoms with Gasteiger partial charge in [-0.1, -0.05) is 12.1 Å². The smallest absolute Gasteiger partial charge is 0.229 e. The van der Waals surface area contributed by atoms with Crippen molar-refractivity contribution in [3.8, 4) is 23.0 Å². The largest absolute Gasteiger partial charge is 0.493 e. The van der Waals surface area contributed by atoms with E-state index in [2.05, 4.69) is 0 Å². The monoisotopic (exact) mass is 542 g/mol. The average molecular weight is 543 g/mol. The number of ether oxygens (including phenoxy) is 7. The summed E-state index contributed by atoms with van der Waals surface area (Å²) in [5, 5.41) is 40.6. The molecule has 9 atom stereocenters. The van der Waals surface area contributed by atoms with Gasteiger partial charge in [-0.25, -0.2) is 0 Å². The van der Waals surface area contributed by atoms with Gasteiger partial charge < -0.3 is 53.6 Å². The SMILES string of the molecule is [2H]c1c([2H])c(C2OCC3C(c4c([2H])c([2H])c(OC5OC(C([2H])([2H])O)C(O)C(O)C5O)c(OC)c4[2H])OCC23)c([2H])c(OC)c1OC. The number of hydrogen-bond donors (Lipinski definition) is 4. The number of fused-ring (bicyclic) bond motifs is 1. The Kier molecular flexibility index (Phi) is 5.50. The van der Waals surface area contributed by atoms with Crippen LogP contribution in [0.2, 0.25) is 0 Å². The van der Waals surface area contributed by atoms with Gasteiger partial charge in [-0.05, 0) is 35.3 Å². The molecule has 0 radical (unpaired) electrons. The molecule has 2 aromatic rings. The molecule has 0 amide bonds. The number of hydrogen-bond acceptors (Lipinski definition) is 11. The number of rotatable bonds is 8. The van der Waals surface area contributed by atoms with E-state index < -0.39 is 85.2 Å². The van der Waals surface area contributed by atoms with Crippen molar-refractivity contribution in [2.24, 2.45) is 11.8 Å². The first-order valence-corrected chi connectivity index (χ1v) is 11.8. The Morgan fingerprint density at radius 2 is 1.32 bits per heavy atom. The fourth-order valence-electron chi connectivity index (χ4n) is 4.89. The van der Waals surface area contributed by atoms with Gasteiger partial charge in [-0.3, -0.25) is 0 Å².